The van der Waals surface area contributed by atoms with E-state index in [0.717, 1.165) is 17.0 Å². The topological polar surface area (TPSA) is 78.0 Å². The van der Waals surface area contributed by atoms with Gasteiger partial charge in [-0.15, -0.1) is 0 Å². The Morgan fingerprint density at radius 3 is 3.05 bits per heavy atom. The van der Waals surface area contributed by atoms with Crippen molar-refractivity contribution in [3.8, 4) is 0 Å². The molecule has 6 heteroatoms. The number of aliphatic carboxylic acids is 1. The van der Waals surface area contributed by atoms with Crippen LogP contribution in [0.3, 0.4) is 0 Å². The lowest BCUT2D eigenvalue weighted by molar-refractivity contribution is -0.139. The normalized spacial score (nSPS) is 21.9. The Hall–Kier alpha value is -1.85. The van der Waals surface area contributed by atoms with Gasteiger partial charge in [0.15, 0.2) is 0 Å². The first-order chi connectivity index (χ1) is 9.15. The van der Waals surface area contributed by atoms with Crippen molar-refractivity contribution >= 4 is 17.6 Å². The number of aromatic amines is 1. The van der Waals surface area contributed by atoms with Gasteiger partial charge in [-0.3, -0.25) is 10.1 Å². The third-order valence-electron chi connectivity index (χ3n) is 3.28. The van der Waals surface area contributed by atoms with Gasteiger partial charge >= 0.3 is 5.97 Å². The van der Waals surface area contributed by atoms with Gasteiger partial charge in [-0.1, -0.05) is 23.7 Å². The first kappa shape index (κ1) is 12.2. The predicted molar refractivity (Wildman–Crippen MR) is 70.1 cm³/mol. The number of halogens is 1. The number of aromatic nitrogens is 2. The fraction of sp³-hybridized carbons (Fsp3) is 0.231. The first-order valence-corrected chi connectivity index (χ1v) is 6.29. The molecule has 0 spiro atoms. The van der Waals surface area contributed by atoms with E-state index in [9.17, 15) is 9.90 Å². The molecule has 2 heterocycles. The summed E-state index contributed by atoms with van der Waals surface area (Å²) >= 11 is 5.99. The molecule has 0 aliphatic carbocycles. The molecule has 98 valence electrons. The maximum Gasteiger partial charge on any atom is 0.321 e. The highest BCUT2D eigenvalue weighted by molar-refractivity contribution is 6.30. The van der Waals surface area contributed by atoms with Crippen molar-refractivity contribution in [3.63, 3.8) is 0 Å². The maximum absolute atomic E-state index is 11.2. The molecule has 0 saturated carbocycles. The van der Waals surface area contributed by atoms with Gasteiger partial charge in [-0.05, 0) is 17.7 Å². The molecule has 2 aromatic rings. The molecule has 5 nitrogen and oxygen atoms in total. The largest absolute Gasteiger partial charge is 0.480 e. The minimum absolute atomic E-state index is 0.255. The quantitative estimate of drug-likeness (QED) is 0.781. The highest BCUT2D eigenvalue weighted by Crippen LogP contribution is 2.29. The molecule has 1 aromatic carbocycles. The zero-order valence-corrected chi connectivity index (χ0v) is 10.7. The van der Waals surface area contributed by atoms with Crippen LogP contribution in [0.2, 0.25) is 5.02 Å². The van der Waals surface area contributed by atoms with Crippen molar-refractivity contribution in [2.24, 2.45) is 0 Å². The molecule has 0 radical (unpaired) electrons. The standard InChI is InChI=1S/C13H12ClN3O2/c14-8-3-1-2-7(4-8)11-12-9(15-6-16-12)5-10(17-11)13(18)19/h1-4,6,10-11,17H,5H2,(H,15,16)(H,18,19)/t10-,11+/m0/s1. The molecule has 0 unspecified atom stereocenters. The summed E-state index contributed by atoms with van der Waals surface area (Å²) in [5.41, 5.74) is 2.60. The Labute approximate surface area is 114 Å². The summed E-state index contributed by atoms with van der Waals surface area (Å²) in [6.45, 7) is 0. The van der Waals surface area contributed by atoms with Crippen molar-refractivity contribution in [2.45, 2.75) is 18.5 Å². The number of carboxylic acids is 1. The van der Waals surface area contributed by atoms with Gasteiger partial charge in [0, 0.05) is 17.1 Å². The molecule has 3 N–H and O–H groups in total. The van der Waals surface area contributed by atoms with E-state index in [1.165, 1.54) is 0 Å². The average molecular weight is 278 g/mol. The van der Waals surface area contributed by atoms with Crippen LogP contribution in [0.25, 0.3) is 0 Å². The second-order valence-corrected chi connectivity index (χ2v) is 4.95. The summed E-state index contributed by atoms with van der Waals surface area (Å²) < 4.78 is 0. The fourth-order valence-corrected chi connectivity index (χ4v) is 2.58. The van der Waals surface area contributed by atoms with Gasteiger partial charge in [0.05, 0.1) is 18.1 Å². The number of benzene rings is 1. The molecule has 3 rings (SSSR count). The third kappa shape index (κ3) is 2.22. The Morgan fingerprint density at radius 2 is 2.32 bits per heavy atom. The van der Waals surface area contributed by atoms with Crippen LogP contribution >= 0.6 is 11.6 Å². The van der Waals surface area contributed by atoms with E-state index in [0.29, 0.717) is 11.4 Å². The van der Waals surface area contributed by atoms with Gasteiger partial charge in [0.25, 0.3) is 0 Å². The van der Waals surface area contributed by atoms with Crippen LogP contribution in [0.15, 0.2) is 30.6 Å². The van der Waals surface area contributed by atoms with Crippen LogP contribution < -0.4 is 5.32 Å². The fourth-order valence-electron chi connectivity index (χ4n) is 2.39. The van der Waals surface area contributed by atoms with Crippen molar-refractivity contribution < 1.29 is 9.90 Å². The molecule has 0 fully saturated rings. The predicted octanol–water partition coefficient (Wildman–Crippen LogP) is 1.75. The summed E-state index contributed by atoms with van der Waals surface area (Å²) in [6.07, 6.45) is 2.00. The monoisotopic (exact) mass is 277 g/mol. The van der Waals surface area contributed by atoms with Gasteiger partial charge in [0.1, 0.15) is 6.04 Å². The summed E-state index contributed by atoms with van der Waals surface area (Å²) in [5.74, 6) is -0.868. The lowest BCUT2D eigenvalue weighted by Crippen LogP contribution is -2.45. The number of nitrogens with one attached hydrogen (secondary N) is 2. The van der Waals surface area contributed by atoms with Gasteiger partial charge < -0.3 is 10.1 Å². The van der Waals surface area contributed by atoms with E-state index >= 15 is 0 Å². The van der Waals surface area contributed by atoms with E-state index < -0.39 is 12.0 Å². The van der Waals surface area contributed by atoms with E-state index in [1.807, 2.05) is 18.2 Å². The van der Waals surface area contributed by atoms with E-state index in [4.69, 9.17) is 11.6 Å². The Bertz CT molecular complexity index is 626. The molecule has 2 atom stereocenters. The number of imidazole rings is 1. The van der Waals surface area contributed by atoms with E-state index in [1.54, 1.807) is 12.4 Å². The van der Waals surface area contributed by atoms with Crippen molar-refractivity contribution in [1.29, 1.82) is 0 Å². The lowest BCUT2D eigenvalue weighted by Gasteiger charge is -2.28. The minimum Gasteiger partial charge on any atom is -0.480 e. The summed E-state index contributed by atoms with van der Waals surface area (Å²) in [7, 11) is 0. The molecule has 1 aliphatic rings. The summed E-state index contributed by atoms with van der Waals surface area (Å²) in [5, 5.41) is 12.9. The smallest absolute Gasteiger partial charge is 0.321 e. The molecule has 19 heavy (non-hydrogen) atoms. The van der Waals surface area contributed by atoms with Crippen LogP contribution in [0.4, 0.5) is 0 Å². The van der Waals surface area contributed by atoms with Crippen LogP contribution in [0.5, 0.6) is 0 Å². The molecule has 1 aromatic heterocycles. The maximum atomic E-state index is 11.2. The van der Waals surface area contributed by atoms with Crippen LogP contribution in [-0.4, -0.2) is 27.1 Å². The molecule has 0 bridgehead atoms. The van der Waals surface area contributed by atoms with Crippen LogP contribution in [0.1, 0.15) is 23.0 Å². The van der Waals surface area contributed by atoms with Crippen molar-refractivity contribution in [1.82, 2.24) is 15.3 Å². The zero-order chi connectivity index (χ0) is 13.4. The molecule has 0 saturated heterocycles. The van der Waals surface area contributed by atoms with Crippen molar-refractivity contribution in [2.75, 3.05) is 0 Å². The SMILES string of the molecule is O=C(O)[C@@H]1Cc2[nH]cnc2[C@@H](c2cccc(Cl)c2)N1. The first-order valence-electron chi connectivity index (χ1n) is 5.91. The molecule has 0 amide bonds. The zero-order valence-electron chi connectivity index (χ0n) is 9.93. The third-order valence-corrected chi connectivity index (χ3v) is 3.52. The number of fused-ring (bicyclic) bond motifs is 1. The average Bonchev–Trinajstić information content (AvgIpc) is 2.85. The number of hydrogen-bond donors (Lipinski definition) is 3. The highest BCUT2D eigenvalue weighted by Gasteiger charge is 2.33. The number of H-pyrrole nitrogens is 1. The summed E-state index contributed by atoms with van der Waals surface area (Å²) in [6, 6.07) is 6.48. The second-order valence-electron chi connectivity index (χ2n) is 4.52. The van der Waals surface area contributed by atoms with E-state index in [2.05, 4.69) is 15.3 Å². The number of carbonyl (C=O) groups is 1. The second kappa shape index (κ2) is 4.68. The number of hydrogen-bond acceptors (Lipinski definition) is 3. The lowest BCUT2D eigenvalue weighted by atomic mass is 9.94. The van der Waals surface area contributed by atoms with Crippen LogP contribution in [0, 0.1) is 0 Å². The summed E-state index contributed by atoms with van der Waals surface area (Å²) in [4.78, 5) is 18.5. The molecule has 1 aliphatic heterocycles. The Kier molecular flexibility index (Phi) is 3.00. The minimum atomic E-state index is -0.868. The molecular weight excluding hydrogens is 266 g/mol. The Morgan fingerprint density at radius 1 is 1.47 bits per heavy atom. The van der Waals surface area contributed by atoms with Gasteiger partial charge in [-0.2, -0.15) is 0 Å². The van der Waals surface area contributed by atoms with E-state index in [-0.39, 0.29) is 6.04 Å². The number of nitrogens with zero attached hydrogens (tertiary/aromatic N) is 1. The van der Waals surface area contributed by atoms with Gasteiger partial charge in [-0.25, -0.2) is 4.98 Å². The number of rotatable bonds is 2. The van der Waals surface area contributed by atoms with Crippen molar-refractivity contribution in [3.05, 3.63) is 52.6 Å². The number of carboxylic acid groups (broad SMARTS) is 1. The molecular formula is C13H12ClN3O2. The highest BCUT2D eigenvalue weighted by atomic mass is 35.5. The Balaban J connectivity index is 2.03. The van der Waals surface area contributed by atoms with Gasteiger partial charge in [0.2, 0.25) is 0 Å². The van der Waals surface area contributed by atoms with Crippen LogP contribution in [-0.2, 0) is 11.2 Å².